The number of rotatable bonds is 2. The summed E-state index contributed by atoms with van der Waals surface area (Å²) in [5.74, 6) is 0.854. The van der Waals surface area contributed by atoms with E-state index in [0.29, 0.717) is 11.0 Å². The first kappa shape index (κ1) is 13.2. The van der Waals surface area contributed by atoms with Crippen LogP contribution in [0.15, 0.2) is 45.6 Å². The number of ether oxygens (including phenoxy) is 1. The Morgan fingerprint density at radius 1 is 1.00 bits per heavy atom. The van der Waals surface area contributed by atoms with Crippen LogP contribution in [0.4, 0.5) is 0 Å². The van der Waals surface area contributed by atoms with E-state index in [9.17, 15) is 9.90 Å². The Morgan fingerprint density at radius 3 is 2.59 bits per heavy atom. The zero-order valence-corrected chi connectivity index (χ0v) is 12.0. The van der Waals surface area contributed by atoms with Gasteiger partial charge in [0.15, 0.2) is 0 Å². The van der Waals surface area contributed by atoms with Crippen LogP contribution in [0.2, 0.25) is 0 Å². The van der Waals surface area contributed by atoms with Crippen LogP contribution in [0.5, 0.6) is 11.5 Å². The quantitative estimate of drug-likeness (QED) is 0.574. The maximum absolute atomic E-state index is 12.1. The van der Waals surface area contributed by atoms with Crippen LogP contribution in [-0.2, 0) is 0 Å². The van der Waals surface area contributed by atoms with E-state index >= 15 is 0 Å². The Morgan fingerprint density at radius 2 is 1.77 bits per heavy atom. The van der Waals surface area contributed by atoms with Gasteiger partial charge in [-0.2, -0.15) is 0 Å². The Balaban J connectivity index is 1.89. The summed E-state index contributed by atoms with van der Waals surface area (Å²) >= 11 is 0. The third kappa shape index (κ3) is 2.21. The normalized spacial score (nSPS) is 15.6. The minimum absolute atomic E-state index is 0.0772. The predicted octanol–water partition coefficient (Wildman–Crippen LogP) is 3.97. The van der Waals surface area contributed by atoms with Gasteiger partial charge in [-0.05, 0) is 56.0 Å². The third-order valence-corrected chi connectivity index (χ3v) is 4.27. The average molecular weight is 296 g/mol. The molecule has 0 atom stereocenters. The Bertz CT molecular complexity index is 904. The molecule has 3 aromatic rings. The number of hydrogen-bond donors (Lipinski definition) is 1. The second-order valence-electron chi connectivity index (χ2n) is 5.80. The van der Waals surface area contributed by atoms with Crippen LogP contribution in [-0.4, -0.2) is 11.2 Å². The van der Waals surface area contributed by atoms with Gasteiger partial charge < -0.3 is 14.3 Å². The van der Waals surface area contributed by atoms with Crippen molar-refractivity contribution in [2.75, 3.05) is 0 Å². The molecule has 4 nitrogen and oxygen atoms in total. The van der Waals surface area contributed by atoms with Crippen molar-refractivity contribution < 1.29 is 14.3 Å². The SMILES string of the molecule is O=c1oc2cc(O)ccc2c2cc(OC3CCCC3)ccc12. The standard InChI is InChI=1S/C18H16O4/c19-11-5-7-14-16-10-13(21-12-3-1-2-4-12)6-8-15(16)18(20)22-17(14)9-11/h5-10,12,19H,1-4H2. The first-order chi connectivity index (χ1) is 10.7. The Labute approximate surface area is 126 Å². The summed E-state index contributed by atoms with van der Waals surface area (Å²) in [6.45, 7) is 0. The summed E-state index contributed by atoms with van der Waals surface area (Å²) in [5, 5.41) is 11.7. The second-order valence-corrected chi connectivity index (χ2v) is 5.80. The van der Waals surface area contributed by atoms with Gasteiger partial charge >= 0.3 is 5.63 Å². The Kier molecular flexibility index (Phi) is 3.03. The van der Waals surface area contributed by atoms with Crippen LogP contribution in [0.3, 0.4) is 0 Å². The van der Waals surface area contributed by atoms with Gasteiger partial charge in [0.25, 0.3) is 0 Å². The van der Waals surface area contributed by atoms with Crippen LogP contribution in [0.25, 0.3) is 21.7 Å². The number of phenolic OH excluding ortho intramolecular Hbond substituents is 1. The number of phenols is 1. The number of hydrogen-bond acceptors (Lipinski definition) is 4. The maximum atomic E-state index is 12.1. The molecule has 1 aromatic heterocycles. The van der Waals surface area contributed by atoms with Gasteiger partial charge in [-0.3, -0.25) is 0 Å². The lowest BCUT2D eigenvalue weighted by Crippen LogP contribution is -2.11. The van der Waals surface area contributed by atoms with Crippen LogP contribution in [0, 0.1) is 0 Å². The molecule has 0 unspecified atom stereocenters. The van der Waals surface area contributed by atoms with E-state index < -0.39 is 5.63 Å². The molecule has 4 rings (SSSR count). The molecule has 0 spiro atoms. The molecule has 112 valence electrons. The fraction of sp³-hybridized carbons (Fsp3) is 0.278. The van der Waals surface area contributed by atoms with Gasteiger partial charge in [0.2, 0.25) is 0 Å². The molecule has 22 heavy (non-hydrogen) atoms. The maximum Gasteiger partial charge on any atom is 0.344 e. The van der Waals surface area contributed by atoms with E-state index in [0.717, 1.165) is 29.4 Å². The van der Waals surface area contributed by atoms with E-state index in [1.165, 1.54) is 18.9 Å². The lowest BCUT2D eigenvalue weighted by molar-refractivity contribution is 0.210. The van der Waals surface area contributed by atoms with E-state index in [2.05, 4.69) is 0 Å². The second kappa shape index (κ2) is 5.05. The molecule has 0 amide bonds. The number of benzene rings is 2. The van der Waals surface area contributed by atoms with Gasteiger partial charge in [-0.15, -0.1) is 0 Å². The van der Waals surface area contributed by atoms with Crippen molar-refractivity contribution >= 4 is 21.7 Å². The molecule has 1 fully saturated rings. The molecule has 0 aliphatic heterocycles. The number of aromatic hydroxyl groups is 1. The van der Waals surface area contributed by atoms with E-state index in [-0.39, 0.29) is 11.9 Å². The highest BCUT2D eigenvalue weighted by molar-refractivity contribution is 6.05. The summed E-state index contributed by atoms with van der Waals surface area (Å²) < 4.78 is 11.3. The lowest BCUT2D eigenvalue weighted by atomic mass is 10.1. The Hall–Kier alpha value is -2.49. The van der Waals surface area contributed by atoms with E-state index in [1.807, 2.05) is 12.1 Å². The zero-order chi connectivity index (χ0) is 15.1. The highest BCUT2D eigenvalue weighted by atomic mass is 16.5. The van der Waals surface area contributed by atoms with Crippen molar-refractivity contribution in [3.63, 3.8) is 0 Å². The molecule has 0 saturated heterocycles. The summed E-state index contributed by atoms with van der Waals surface area (Å²) in [7, 11) is 0. The molecule has 1 aliphatic carbocycles. The minimum Gasteiger partial charge on any atom is -0.508 e. The van der Waals surface area contributed by atoms with Crippen molar-refractivity contribution in [1.29, 1.82) is 0 Å². The first-order valence-electron chi connectivity index (χ1n) is 7.57. The highest BCUT2D eigenvalue weighted by Crippen LogP contribution is 2.30. The molecule has 1 aliphatic rings. The molecule has 1 N–H and O–H groups in total. The molecular formula is C18H16O4. The third-order valence-electron chi connectivity index (χ3n) is 4.27. The first-order valence-corrected chi connectivity index (χ1v) is 7.57. The van der Waals surface area contributed by atoms with Gasteiger partial charge in [0.1, 0.15) is 17.1 Å². The van der Waals surface area contributed by atoms with Crippen molar-refractivity contribution in [2.24, 2.45) is 0 Å². The van der Waals surface area contributed by atoms with Gasteiger partial charge in [0.05, 0.1) is 11.5 Å². The van der Waals surface area contributed by atoms with Crippen molar-refractivity contribution in [3.05, 3.63) is 46.8 Å². The van der Waals surface area contributed by atoms with Gasteiger partial charge in [0, 0.05) is 16.8 Å². The molecule has 1 saturated carbocycles. The summed E-state index contributed by atoms with van der Waals surface area (Å²) in [4.78, 5) is 12.1. The molecular weight excluding hydrogens is 280 g/mol. The van der Waals surface area contributed by atoms with Crippen molar-refractivity contribution in [1.82, 2.24) is 0 Å². The highest BCUT2D eigenvalue weighted by Gasteiger charge is 2.17. The summed E-state index contributed by atoms with van der Waals surface area (Å²) in [6, 6.07) is 10.3. The molecule has 2 aromatic carbocycles. The molecule has 4 heteroatoms. The number of fused-ring (bicyclic) bond motifs is 3. The smallest absolute Gasteiger partial charge is 0.344 e. The van der Waals surface area contributed by atoms with Crippen LogP contribution in [0.1, 0.15) is 25.7 Å². The average Bonchev–Trinajstić information content (AvgIpc) is 3.00. The predicted molar refractivity (Wildman–Crippen MR) is 84.5 cm³/mol. The van der Waals surface area contributed by atoms with Gasteiger partial charge in [-0.25, -0.2) is 4.79 Å². The topological polar surface area (TPSA) is 59.7 Å². The zero-order valence-electron chi connectivity index (χ0n) is 12.0. The largest absolute Gasteiger partial charge is 0.508 e. The monoisotopic (exact) mass is 296 g/mol. The van der Waals surface area contributed by atoms with Gasteiger partial charge in [-0.1, -0.05) is 0 Å². The van der Waals surface area contributed by atoms with E-state index in [4.69, 9.17) is 9.15 Å². The van der Waals surface area contributed by atoms with Crippen LogP contribution < -0.4 is 10.4 Å². The van der Waals surface area contributed by atoms with E-state index in [1.54, 1.807) is 18.2 Å². The van der Waals surface area contributed by atoms with Crippen LogP contribution >= 0.6 is 0 Å². The molecule has 1 heterocycles. The van der Waals surface area contributed by atoms with Crippen molar-refractivity contribution in [3.8, 4) is 11.5 Å². The summed E-state index contributed by atoms with van der Waals surface area (Å²) in [6.07, 6.45) is 4.87. The minimum atomic E-state index is -0.402. The summed E-state index contributed by atoms with van der Waals surface area (Å²) in [5.41, 5.74) is -0.0176. The fourth-order valence-corrected chi connectivity index (χ4v) is 3.17. The molecule has 0 radical (unpaired) electrons. The lowest BCUT2D eigenvalue weighted by Gasteiger charge is -2.13. The fourth-order valence-electron chi connectivity index (χ4n) is 3.17. The van der Waals surface area contributed by atoms with Crippen molar-refractivity contribution in [2.45, 2.75) is 31.8 Å². The molecule has 0 bridgehead atoms.